The van der Waals surface area contributed by atoms with Gasteiger partial charge in [-0.3, -0.25) is 4.99 Å². The minimum atomic E-state index is -0.988. The second-order valence-electron chi connectivity index (χ2n) is 5.42. The third-order valence-corrected chi connectivity index (χ3v) is 5.19. The third-order valence-electron chi connectivity index (χ3n) is 3.91. The highest BCUT2D eigenvalue weighted by Gasteiger charge is 2.30. The number of hydrogen-bond acceptors (Lipinski definition) is 3. The molecule has 2 aromatic carbocycles. The Labute approximate surface area is 151 Å². The first kappa shape index (κ1) is 17.3. The Morgan fingerprint density at radius 2 is 1.88 bits per heavy atom. The molecule has 0 aliphatic carbocycles. The summed E-state index contributed by atoms with van der Waals surface area (Å²) in [7, 11) is 0. The lowest BCUT2D eigenvalue weighted by molar-refractivity contribution is 0.171. The maximum absolute atomic E-state index is 14.4. The van der Waals surface area contributed by atoms with Crippen molar-refractivity contribution in [3.05, 3.63) is 62.6 Å². The van der Waals surface area contributed by atoms with Gasteiger partial charge in [-0.15, -0.1) is 0 Å². The molecule has 2 atom stereocenters. The number of nitrogens with one attached hydrogen (secondary N) is 1. The normalized spacial score (nSPS) is 20.0. The molecule has 1 aliphatic rings. The van der Waals surface area contributed by atoms with Crippen LogP contribution in [0.3, 0.4) is 0 Å². The Hall–Kier alpha value is -1.50. The molecule has 0 amide bonds. The van der Waals surface area contributed by atoms with Gasteiger partial charge in [0, 0.05) is 15.7 Å². The molecule has 1 aliphatic heterocycles. The summed E-state index contributed by atoms with van der Waals surface area (Å²) in [6, 6.07) is 6.44. The van der Waals surface area contributed by atoms with Crippen LogP contribution in [0.15, 0.2) is 39.8 Å². The van der Waals surface area contributed by atoms with Gasteiger partial charge in [0.2, 0.25) is 0 Å². The van der Waals surface area contributed by atoms with Crippen LogP contribution in [0.4, 0.5) is 14.5 Å². The molecule has 1 heterocycles. The van der Waals surface area contributed by atoms with Crippen LogP contribution in [0, 0.1) is 11.6 Å². The van der Waals surface area contributed by atoms with Crippen molar-refractivity contribution < 1.29 is 13.9 Å². The molecule has 24 heavy (non-hydrogen) atoms. The molecule has 3 rings (SSSR count). The van der Waals surface area contributed by atoms with Crippen molar-refractivity contribution >= 4 is 38.9 Å². The Morgan fingerprint density at radius 3 is 2.50 bits per heavy atom. The number of hydrogen-bond donors (Lipinski definition) is 2. The number of fused-ring (bicyclic) bond motifs is 1. The molecule has 7 heteroatoms. The lowest BCUT2D eigenvalue weighted by Crippen LogP contribution is -2.30. The minimum absolute atomic E-state index is 0.0859. The van der Waals surface area contributed by atoms with Gasteiger partial charge >= 0.3 is 0 Å². The summed E-state index contributed by atoms with van der Waals surface area (Å²) >= 11 is 9.70. The first-order valence-corrected chi connectivity index (χ1v) is 8.56. The Morgan fingerprint density at radius 1 is 1.21 bits per heavy atom. The van der Waals surface area contributed by atoms with Crippen molar-refractivity contribution in [1.82, 2.24) is 0 Å². The zero-order valence-electron chi connectivity index (χ0n) is 12.7. The van der Waals surface area contributed by atoms with Crippen LogP contribution < -0.4 is 5.32 Å². The summed E-state index contributed by atoms with van der Waals surface area (Å²) in [6.45, 7) is 1.84. The number of aliphatic hydroxyl groups is 1. The van der Waals surface area contributed by atoms with Gasteiger partial charge < -0.3 is 10.4 Å². The van der Waals surface area contributed by atoms with E-state index >= 15 is 0 Å². The molecule has 0 spiro atoms. The predicted octanol–water partition coefficient (Wildman–Crippen LogP) is 4.74. The molecule has 0 radical (unpaired) electrons. The van der Waals surface area contributed by atoms with E-state index in [9.17, 15) is 13.9 Å². The first-order valence-electron chi connectivity index (χ1n) is 7.39. The quantitative estimate of drug-likeness (QED) is 0.744. The Balaban J connectivity index is 2.35. The number of anilines is 1. The van der Waals surface area contributed by atoms with Crippen molar-refractivity contribution in [2.45, 2.75) is 25.6 Å². The van der Waals surface area contributed by atoms with Crippen LogP contribution in [-0.2, 0) is 0 Å². The topological polar surface area (TPSA) is 44.6 Å². The van der Waals surface area contributed by atoms with Crippen molar-refractivity contribution in [3.8, 4) is 0 Å². The first-order chi connectivity index (χ1) is 11.4. The van der Waals surface area contributed by atoms with Crippen LogP contribution in [0.25, 0.3) is 0 Å². The molecular weight excluding hydrogens is 402 g/mol. The van der Waals surface area contributed by atoms with E-state index in [1.807, 2.05) is 6.92 Å². The Bertz CT molecular complexity index is 808. The van der Waals surface area contributed by atoms with Crippen molar-refractivity contribution in [2.24, 2.45) is 4.99 Å². The highest BCUT2D eigenvalue weighted by atomic mass is 79.9. The van der Waals surface area contributed by atoms with E-state index in [0.29, 0.717) is 22.1 Å². The maximum atomic E-state index is 14.4. The summed E-state index contributed by atoms with van der Waals surface area (Å²) in [5.74, 6) is -1.47. The monoisotopic (exact) mass is 414 g/mol. The van der Waals surface area contributed by atoms with Gasteiger partial charge in [0.25, 0.3) is 0 Å². The van der Waals surface area contributed by atoms with Crippen molar-refractivity contribution in [2.75, 3.05) is 5.32 Å². The number of benzene rings is 2. The SMILES string of the molecule is CC[C@@H]1N=C(c2c(F)cccc2F)c2c(ccc(Br)c2Cl)NC1O. The third kappa shape index (κ3) is 2.94. The molecule has 2 N–H and O–H groups in total. The van der Waals surface area contributed by atoms with Crippen LogP contribution in [-0.4, -0.2) is 23.1 Å². The van der Waals surface area contributed by atoms with Gasteiger partial charge in [0.1, 0.15) is 17.9 Å². The number of benzodiazepines with no additional fused rings is 1. The lowest BCUT2D eigenvalue weighted by Gasteiger charge is -2.18. The summed E-state index contributed by atoms with van der Waals surface area (Å²) < 4.78 is 29.3. The van der Waals surface area contributed by atoms with Crippen molar-refractivity contribution in [1.29, 1.82) is 0 Å². The number of rotatable bonds is 2. The van der Waals surface area contributed by atoms with Gasteiger partial charge in [-0.25, -0.2) is 8.78 Å². The molecule has 3 nitrogen and oxygen atoms in total. The van der Waals surface area contributed by atoms with Gasteiger partial charge in [0.05, 0.1) is 22.3 Å². The molecule has 126 valence electrons. The highest BCUT2D eigenvalue weighted by molar-refractivity contribution is 9.10. The molecule has 0 fully saturated rings. The smallest absolute Gasteiger partial charge is 0.147 e. The minimum Gasteiger partial charge on any atom is -0.372 e. The van der Waals surface area contributed by atoms with Gasteiger partial charge in [-0.2, -0.15) is 0 Å². The van der Waals surface area contributed by atoms with E-state index in [1.165, 1.54) is 18.2 Å². The standard InChI is InChI=1S/C17H14BrClF2N2O/c1-2-11-17(24)23-12-7-6-8(18)15(19)14(12)16(22-11)13-9(20)4-3-5-10(13)21/h3-7,11,17,23-24H,2H2,1H3/t11-,17?/m0/s1. The summed E-state index contributed by atoms with van der Waals surface area (Å²) in [5.41, 5.74) is 0.647. The van der Waals surface area contributed by atoms with Crippen LogP contribution in [0.1, 0.15) is 24.5 Å². The molecule has 1 unspecified atom stereocenters. The number of aliphatic hydroxyl groups excluding tert-OH is 1. The van der Waals surface area contributed by atoms with Crippen molar-refractivity contribution in [3.63, 3.8) is 0 Å². The fraction of sp³-hybridized carbons (Fsp3) is 0.235. The summed E-state index contributed by atoms with van der Waals surface area (Å²) in [5, 5.41) is 13.5. The summed E-state index contributed by atoms with van der Waals surface area (Å²) in [4.78, 5) is 4.43. The molecule has 0 saturated carbocycles. The Kier molecular flexibility index (Phi) is 4.90. The highest BCUT2D eigenvalue weighted by Crippen LogP contribution is 2.37. The zero-order valence-corrected chi connectivity index (χ0v) is 15.0. The van der Waals surface area contributed by atoms with E-state index in [4.69, 9.17) is 11.6 Å². The van der Waals surface area contributed by atoms with Gasteiger partial charge in [-0.1, -0.05) is 24.6 Å². The zero-order chi connectivity index (χ0) is 17.4. The van der Waals surface area contributed by atoms with Gasteiger partial charge in [-0.05, 0) is 46.6 Å². The second kappa shape index (κ2) is 6.78. The average Bonchev–Trinajstić information content (AvgIpc) is 2.68. The molecule has 0 aromatic heterocycles. The number of halogens is 4. The molecule has 0 bridgehead atoms. The fourth-order valence-electron chi connectivity index (χ4n) is 2.69. The van der Waals surface area contributed by atoms with E-state index in [0.717, 1.165) is 0 Å². The van der Waals surface area contributed by atoms with E-state index in [1.54, 1.807) is 12.1 Å². The maximum Gasteiger partial charge on any atom is 0.147 e. The van der Waals surface area contributed by atoms with Crippen LogP contribution >= 0.6 is 27.5 Å². The second-order valence-corrected chi connectivity index (χ2v) is 6.66. The molecular formula is C17H14BrClF2N2O. The van der Waals surface area contributed by atoms with E-state index < -0.39 is 23.9 Å². The molecule has 2 aromatic rings. The van der Waals surface area contributed by atoms with Gasteiger partial charge in [0.15, 0.2) is 0 Å². The fourth-order valence-corrected chi connectivity index (χ4v) is 3.27. The van der Waals surface area contributed by atoms with Crippen LogP contribution in [0.2, 0.25) is 5.02 Å². The molecule has 0 saturated heterocycles. The van der Waals surface area contributed by atoms with E-state index in [2.05, 4.69) is 26.2 Å². The largest absolute Gasteiger partial charge is 0.372 e. The average molecular weight is 416 g/mol. The predicted molar refractivity (Wildman–Crippen MR) is 94.9 cm³/mol. The van der Waals surface area contributed by atoms with Crippen LogP contribution in [0.5, 0.6) is 0 Å². The number of aliphatic imine (C=N–C) groups is 1. The number of nitrogens with zero attached hydrogens (tertiary/aromatic N) is 1. The lowest BCUT2D eigenvalue weighted by atomic mass is 9.99. The van der Waals surface area contributed by atoms with E-state index in [-0.39, 0.29) is 16.3 Å². The summed E-state index contributed by atoms with van der Waals surface area (Å²) in [6.07, 6.45) is -0.501.